The Bertz CT molecular complexity index is 349. The highest BCUT2D eigenvalue weighted by Gasteiger charge is 2.09. The molecule has 21 heavy (non-hydrogen) atoms. The van der Waals surface area contributed by atoms with Gasteiger partial charge in [-0.1, -0.05) is 71.1 Å². The fourth-order valence-electron chi connectivity index (χ4n) is 2.72. The first kappa shape index (κ1) is 18.2. The van der Waals surface area contributed by atoms with Gasteiger partial charge >= 0.3 is 0 Å². The number of unbranched alkanes of at least 4 members (excludes halogenated alkanes) is 9. The van der Waals surface area contributed by atoms with E-state index in [9.17, 15) is 5.11 Å². The normalized spacial score (nSPS) is 12.7. The Hall–Kier alpha value is -0.830. The molecule has 0 aromatic carbocycles. The average Bonchev–Trinajstić information content (AvgIpc) is 2.98. The number of rotatable bonds is 13. The van der Waals surface area contributed by atoms with Gasteiger partial charge in [-0.15, -0.1) is 0 Å². The lowest BCUT2D eigenvalue weighted by molar-refractivity contribution is 0.163. The summed E-state index contributed by atoms with van der Waals surface area (Å²) < 4.78 is 1.87. The SMILES string of the molecule is CCCCCCCCCCCCC(O)c1cnn(CC)c1. The second-order valence-corrected chi connectivity index (χ2v) is 6.12. The maximum Gasteiger partial charge on any atom is 0.0820 e. The number of aryl methyl sites for hydroxylation is 1. The zero-order valence-electron chi connectivity index (χ0n) is 14.1. The Labute approximate surface area is 130 Å². The molecule has 0 radical (unpaired) electrons. The summed E-state index contributed by atoms with van der Waals surface area (Å²) in [5.41, 5.74) is 0.966. The summed E-state index contributed by atoms with van der Waals surface area (Å²) in [5, 5.41) is 14.3. The number of aliphatic hydroxyl groups excluding tert-OH is 1. The summed E-state index contributed by atoms with van der Waals surface area (Å²) in [6.45, 7) is 5.19. The average molecular weight is 294 g/mol. The van der Waals surface area contributed by atoms with E-state index in [1.54, 1.807) is 6.20 Å². The molecule has 1 aromatic heterocycles. The van der Waals surface area contributed by atoms with E-state index in [-0.39, 0.29) is 6.10 Å². The molecule has 0 aliphatic rings. The van der Waals surface area contributed by atoms with Crippen molar-refractivity contribution in [2.75, 3.05) is 0 Å². The number of hydrogen-bond donors (Lipinski definition) is 1. The fourth-order valence-corrected chi connectivity index (χ4v) is 2.72. The van der Waals surface area contributed by atoms with Gasteiger partial charge in [0.1, 0.15) is 0 Å². The number of aliphatic hydroxyl groups is 1. The molecule has 3 nitrogen and oxygen atoms in total. The van der Waals surface area contributed by atoms with Crippen molar-refractivity contribution in [2.24, 2.45) is 0 Å². The van der Waals surface area contributed by atoms with Crippen molar-refractivity contribution in [3.05, 3.63) is 18.0 Å². The van der Waals surface area contributed by atoms with E-state index in [1.165, 1.54) is 57.8 Å². The van der Waals surface area contributed by atoms with E-state index in [0.29, 0.717) is 0 Å². The lowest BCUT2D eigenvalue weighted by Gasteiger charge is -2.08. The summed E-state index contributed by atoms with van der Waals surface area (Å²) in [5.74, 6) is 0. The van der Waals surface area contributed by atoms with Crippen molar-refractivity contribution in [3.8, 4) is 0 Å². The zero-order valence-corrected chi connectivity index (χ0v) is 14.1. The molecule has 122 valence electrons. The highest BCUT2D eigenvalue weighted by Crippen LogP contribution is 2.20. The smallest absolute Gasteiger partial charge is 0.0820 e. The van der Waals surface area contributed by atoms with Crippen LogP contribution in [0.25, 0.3) is 0 Å². The second kappa shape index (κ2) is 11.8. The molecule has 1 unspecified atom stereocenters. The topological polar surface area (TPSA) is 38.1 Å². The van der Waals surface area contributed by atoms with Crippen molar-refractivity contribution in [1.82, 2.24) is 9.78 Å². The van der Waals surface area contributed by atoms with Gasteiger partial charge in [0.2, 0.25) is 0 Å². The molecule has 1 heterocycles. The van der Waals surface area contributed by atoms with Crippen molar-refractivity contribution < 1.29 is 5.11 Å². The third kappa shape index (κ3) is 8.25. The summed E-state index contributed by atoms with van der Waals surface area (Å²) in [6, 6.07) is 0. The van der Waals surface area contributed by atoms with E-state index < -0.39 is 0 Å². The van der Waals surface area contributed by atoms with E-state index >= 15 is 0 Å². The van der Waals surface area contributed by atoms with E-state index in [2.05, 4.69) is 18.9 Å². The van der Waals surface area contributed by atoms with Gasteiger partial charge in [-0.3, -0.25) is 4.68 Å². The van der Waals surface area contributed by atoms with E-state index in [1.807, 2.05) is 10.9 Å². The molecule has 0 bridgehead atoms. The van der Waals surface area contributed by atoms with Gasteiger partial charge in [0.05, 0.1) is 12.3 Å². The van der Waals surface area contributed by atoms with Gasteiger partial charge in [-0.2, -0.15) is 5.10 Å². The summed E-state index contributed by atoms with van der Waals surface area (Å²) in [6.07, 6.45) is 17.7. The Balaban J connectivity index is 1.94. The predicted molar refractivity (Wildman–Crippen MR) is 89.3 cm³/mol. The van der Waals surface area contributed by atoms with Gasteiger partial charge in [-0.25, -0.2) is 0 Å². The molecule has 0 saturated carbocycles. The summed E-state index contributed by atoms with van der Waals surface area (Å²) in [7, 11) is 0. The van der Waals surface area contributed by atoms with Crippen molar-refractivity contribution in [3.63, 3.8) is 0 Å². The highest BCUT2D eigenvalue weighted by molar-refractivity contribution is 5.07. The molecule has 0 spiro atoms. The molecule has 0 amide bonds. The van der Waals surface area contributed by atoms with Gasteiger partial charge in [0.25, 0.3) is 0 Å². The van der Waals surface area contributed by atoms with Crippen LogP contribution in [0.15, 0.2) is 12.4 Å². The van der Waals surface area contributed by atoms with Crippen LogP contribution in [0.1, 0.15) is 96.1 Å². The lowest BCUT2D eigenvalue weighted by atomic mass is 10.0. The summed E-state index contributed by atoms with van der Waals surface area (Å²) >= 11 is 0. The largest absolute Gasteiger partial charge is 0.388 e. The third-order valence-corrected chi connectivity index (χ3v) is 4.19. The first-order chi connectivity index (χ1) is 10.3. The number of aromatic nitrogens is 2. The number of nitrogens with zero attached hydrogens (tertiary/aromatic N) is 2. The quantitative estimate of drug-likeness (QED) is 0.505. The Morgan fingerprint density at radius 3 is 2.05 bits per heavy atom. The van der Waals surface area contributed by atoms with Gasteiger partial charge in [0.15, 0.2) is 0 Å². The van der Waals surface area contributed by atoms with Gasteiger partial charge < -0.3 is 5.11 Å². The van der Waals surface area contributed by atoms with Crippen LogP contribution in [0.3, 0.4) is 0 Å². The Morgan fingerprint density at radius 1 is 0.952 bits per heavy atom. The van der Waals surface area contributed by atoms with Crippen LogP contribution < -0.4 is 0 Å². The minimum atomic E-state index is -0.334. The third-order valence-electron chi connectivity index (χ3n) is 4.19. The molecule has 1 aromatic rings. The van der Waals surface area contributed by atoms with E-state index in [0.717, 1.165) is 24.9 Å². The molecule has 3 heteroatoms. The highest BCUT2D eigenvalue weighted by atomic mass is 16.3. The van der Waals surface area contributed by atoms with Crippen LogP contribution in [0, 0.1) is 0 Å². The first-order valence-electron chi connectivity index (χ1n) is 8.98. The fraction of sp³-hybridized carbons (Fsp3) is 0.833. The Morgan fingerprint density at radius 2 is 1.52 bits per heavy atom. The molecular formula is C18H34N2O. The standard InChI is InChI=1S/C18H34N2O/c1-3-5-6-7-8-9-10-11-12-13-14-18(21)17-15-19-20(4-2)16-17/h15-16,18,21H,3-14H2,1-2H3. The second-order valence-electron chi connectivity index (χ2n) is 6.12. The molecule has 0 aliphatic heterocycles. The van der Waals surface area contributed by atoms with Crippen molar-refractivity contribution in [1.29, 1.82) is 0 Å². The molecule has 0 aliphatic carbocycles. The van der Waals surface area contributed by atoms with Crippen molar-refractivity contribution in [2.45, 2.75) is 97.1 Å². The minimum Gasteiger partial charge on any atom is -0.388 e. The monoisotopic (exact) mass is 294 g/mol. The van der Waals surface area contributed by atoms with Crippen LogP contribution in [-0.2, 0) is 6.54 Å². The lowest BCUT2D eigenvalue weighted by Crippen LogP contribution is -1.97. The maximum atomic E-state index is 10.1. The molecule has 1 N–H and O–H groups in total. The first-order valence-corrected chi connectivity index (χ1v) is 8.98. The maximum absolute atomic E-state index is 10.1. The molecule has 1 rings (SSSR count). The van der Waals surface area contributed by atoms with Crippen LogP contribution in [0.2, 0.25) is 0 Å². The Kier molecular flexibility index (Phi) is 10.2. The number of hydrogen-bond acceptors (Lipinski definition) is 2. The zero-order chi connectivity index (χ0) is 15.3. The predicted octanol–water partition coefficient (Wildman–Crippen LogP) is 5.25. The minimum absolute atomic E-state index is 0.334. The molecule has 0 saturated heterocycles. The summed E-state index contributed by atoms with van der Waals surface area (Å²) in [4.78, 5) is 0. The molecule has 1 atom stereocenters. The molecule has 0 fully saturated rings. The van der Waals surface area contributed by atoms with Gasteiger partial charge in [-0.05, 0) is 13.3 Å². The van der Waals surface area contributed by atoms with Crippen LogP contribution >= 0.6 is 0 Å². The van der Waals surface area contributed by atoms with Crippen LogP contribution in [0.5, 0.6) is 0 Å². The van der Waals surface area contributed by atoms with E-state index in [4.69, 9.17) is 0 Å². The van der Waals surface area contributed by atoms with Crippen molar-refractivity contribution >= 4 is 0 Å². The van der Waals surface area contributed by atoms with Gasteiger partial charge in [0, 0.05) is 18.3 Å². The van der Waals surface area contributed by atoms with Crippen LogP contribution in [-0.4, -0.2) is 14.9 Å². The molecular weight excluding hydrogens is 260 g/mol. The van der Waals surface area contributed by atoms with Crippen LogP contribution in [0.4, 0.5) is 0 Å².